The maximum absolute atomic E-state index is 9.97. The van der Waals surface area contributed by atoms with E-state index in [0.717, 1.165) is 6.42 Å². The zero-order valence-electron chi connectivity index (χ0n) is 12.0. The fourth-order valence-electron chi connectivity index (χ4n) is 2.41. The first-order valence-electron chi connectivity index (χ1n) is 6.75. The van der Waals surface area contributed by atoms with E-state index in [1.54, 1.807) is 0 Å². The average Bonchev–Trinajstić information content (AvgIpc) is 2.74. The van der Waals surface area contributed by atoms with Gasteiger partial charge in [0.1, 0.15) is 0 Å². The first kappa shape index (κ1) is 15.9. The fourth-order valence-corrected chi connectivity index (χ4v) is 2.41. The molecule has 0 aromatic heterocycles. The van der Waals surface area contributed by atoms with E-state index in [9.17, 15) is 5.11 Å². The van der Waals surface area contributed by atoms with E-state index >= 15 is 0 Å². The highest BCUT2D eigenvalue weighted by Gasteiger charge is 2.40. The Morgan fingerprint density at radius 1 is 1.28 bits per heavy atom. The molecule has 0 spiro atoms. The van der Waals surface area contributed by atoms with Crippen molar-refractivity contribution in [2.45, 2.75) is 38.8 Å². The van der Waals surface area contributed by atoms with Crippen LogP contribution in [0.3, 0.4) is 0 Å². The molecule has 1 saturated heterocycles. The van der Waals surface area contributed by atoms with Crippen LogP contribution in [0.4, 0.5) is 0 Å². The standard InChI is InChI=1S/C13H27NO4/c1-5-11(12(15)16-6-2)9-13(10-14(3)4)17-7-8-18-13/h11-12,15H,5-10H2,1-4H3. The summed E-state index contributed by atoms with van der Waals surface area (Å²) in [4.78, 5) is 2.05. The predicted molar refractivity (Wildman–Crippen MR) is 69.2 cm³/mol. The van der Waals surface area contributed by atoms with Crippen LogP contribution in [0.25, 0.3) is 0 Å². The van der Waals surface area contributed by atoms with E-state index in [-0.39, 0.29) is 5.92 Å². The van der Waals surface area contributed by atoms with E-state index in [1.165, 1.54) is 0 Å². The van der Waals surface area contributed by atoms with Crippen molar-refractivity contribution in [2.75, 3.05) is 40.5 Å². The minimum absolute atomic E-state index is 0.0306. The number of nitrogens with zero attached hydrogens (tertiary/aromatic N) is 1. The molecule has 1 aliphatic heterocycles. The highest BCUT2D eigenvalue weighted by atomic mass is 16.7. The zero-order chi connectivity index (χ0) is 13.6. The van der Waals surface area contributed by atoms with E-state index in [4.69, 9.17) is 14.2 Å². The number of ether oxygens (including phenoxy) is 3. The summed E-state index contributed by atoms with van der Waals surface area (Å²) in [5, 5.41) is 9.97. The van der Waals surface area contributed by atoms with E-state index in [1.807, 2.05) is 32.8 Å². The summed E-state index contributed by atoms with van der Waals surface area (Å²) in [5.74, 6) is -0.564. The monoisotopic (exact) mass is 261 g/mol. The number of aliphatic hydroxyl groups excluding tert-OH is 1. The molecule has 1 fully saturated rings. The third kappa shape index (κ3) is 4.48. The Balaban J connectivity index is 2.63. The Morgan fingerprint density at radius 2 is 1.89 bits per heavy atom. The summed E-state index contributed by atoms with van der Waals surface area (Å²) in [5.41, 5.74) is 0. The van der Waals surface area contributed by atoms with Crippen molar-refractivity contribution < 1.29 is 19.3 Å². The smallest absolute Gasteiger partial charge is 0.181 e. The van der Waals surface area contributed by atoms with E-state index < -0.39 is 12.1 Å². The van der Waals surface area contributed by atoms with Gasteiger partial charge in [0.15, 0.2) is 12.1 Å². The third-order valence-electron chi connectivity index (χ3n) is 3.21. The summed E-state index contributed by atoms with van der Waals surface area (Å²) < 4.78 is 16.8. The van der Waals surface area contributed by atoms with Crippen LogP contribution in [0.1, 0.15) is 26.7 Å². The molecule has 2 unspecified atom stereocenters. The van der Waals surface area contributed by atoms with Crippen LogP contribution < -0.4 is 0 Å². The van der Waals surface area contributed by atoms with Gasteiger partial charge in [0, 0.05) is 18.9 Å². The van der Waals surface area contributed by atoms with Gasteiger partial charge in [0.05, 0.1) is 19.8 Å². The van der Waals surface area contributed by atoms with Gasteiger partial charge in [-0.25, -0.2) is 0 Å². The molecule has 1 aliphatic rings. The van der Waals surface area contributed by atoms with Gasteiger partial charge in [0.25, 0.3) is 0 Å². The van der Waals surface area contributed by atoms with Crippen molar-refractivity contribution >= 4 is 0 Å². The highest BCUT2D eigenvalue weighted by molar-refractivity contribution is 4.81. The van der Waals surface area contributed by atoms with Crippen LogP contribution in [0.15, 0.2) is 0 Å². The van der Waals surface area contributed by atoms with Crippen LogP contribution >= 0.6 is 0 Å². The van der Waals surface area contributed by atoms with Crippen molar-refractivity contribution in [1.29, 1.82) is 0 Å². The van der Waals surface area contributed by atoms with Gasteiger partial charge in [0.2, 0.25) is 0 Å². The molecule has 18 heavy (non-hydrogen) atoms. The maximum Gasteiger partial charge on any atom is 0.181 e. The second kappa shape index (κ2) is 7.40. The molecule has 0 radical (unpaired) electrons. The van der Waals surface area contributed by atoms with Crippen LogP contribution in [0.5, 0.6) is 0 Å². The van der Waals surface area contributed by atoms with Gasteiger partial charge in [-0.1, -0.05) is 6.92 Å². The Hall–Kier alpha value is -0.200. The second-order valence-corrected chi connectivity index (χ2v) is 5.06. The van der Waals surface area contributed by atoms with Crippen molar-refractivity contribution in [3.8, 4) is 0 Å². The quantitative estimate of drug-likeness (QED) is 0.662. The van der Waals surface area contributed by atoms with Crippen molar-refractivity contribution in [2.24, 2.45) is 5.92 Å². The number of aliphatic hydroxyl groups is 1. The van der Waals surface area contributed by atoms with Crippen molar-refractivity contribution in [3.63, 3.8) is 0 Å². The van der Waals surface area contributed by atoms with Crippen molar-refractivity contribution in [3.05, 3.63) is 0 Å². The van der Waals surface area contributed by atoms with Gasteiger partial charge in [-0.05, 0) is 27.4 Å². The first-order chi connectivity index (χ1) is 8.53. The molecule has 0 saturated carbocycles. The molecule has 108 valence electrons. The first-order valence-corrected chi connectivity index (χ1v) is 6.75. The van der Waals surface area contributed by atoms with E-state index in [0.29, 0.717) is 32.8 Å². The molecule has 0 amide bonds. The van der Waals surface area contributed by atoms with Crippen LogP contribution in [-0.4, -0.2) is 62.5 Å². The van der Waals surface area contributed by atoms with Gasteiger partial charge >= 0.3 is 0 Å². The lowest BCUT2D eigenvalue weighted by Crippen LogP contribution is -2.44. The molecule has 1 rings (SSSR count). The lowest BCUT2D eigenvalue weighted by Gasteiger charge is -2.34. The summed E-state index contributed by atoms with van der Waals surface area (Å²) >= 11 is 0. The Morgan fingerprint density at radius 3 is 2.33 bits per heavy atom. The summed E-state index contributed by atoms with van der Waals surface area (Å²) in [7, 11) is 3.99. The number of likely N-dealkylation sites (N-methyl/N-ethyl adjacent to an activating group) is 1. The molecule has 0 bridgehead atoms. The van der Waals surface area contributed by atoms with Crippen LogP contribution in [0, 0.1) is 5.92 Å². The van der Waals surface area contributed by atoms with Gasteiger partial charge in [-0.15, -0.1) is 0 Å². The SMILES string of the molecule is CCOC(O)C(CC)CC1(CN(C)C)OCCO1. The Kier molecular flexibility index (Phi) is 6.52. The lowest BCUT2D eigenvalue weighted by atomic mass is 9.95. The van der Waals surface area contributed by atoms with Gasteiger partial charge in [-0.3, -0.25) is 0 Å². The Labute approximate surface area is 110 Å². The molecule has 0 aromatic carbocycles. The number of hydrogen-bond donors (Lipinski definition) is 1. The third-order valence-corrected chi connectivity index (χ3v) is 3.21. The minimum atomic E-state index is -0.744. The number of rotatable bonds is 8. The number of hydrogen-bond acceptors (Lipinski definition) is 5. The molecule has 5 nitrogen and oxygen atoms in total. The largest absolute Gasteiger partial charge is 0.368 e. The topological polar surface area (TPSA) is 51.2 Å². The Bertz CT molecular complexity index is 229. The highest BCUT2D eigenvalue weighted by Crippen LogP contribution is 2.31. The molecule has 2 atom stereocenters. The molecule has 0 aromatic rings. The summed E-state index contributed by atoms with van der Waals surface area (Å²) in [6.07, 6.45) is 0.748. The fraction of sp³-hybridized carbons (Fsp3) is 1.00. The summed E-state index contributed by atoms with van der Waals surface area (Å²) in [6, 6.07) is 0. The van der Waals surface area contributed by atoms with Gasteiger partial charge in [-0.2, -0.15) is 0 Å². The molecule has 0 aliphatic carbocycles. The van der Waals surface area contributed by atoms with Gasteiger partial charge < -0.3 is 24.2 Å². The molecular weight excluding hydrogens is 234 g/mol. The lowest BCUT2D eigenvalue weighted by molar-refractivity contribution is -0.206. The van der Waals surface area contributed by atoms with E-state index in [2.05, 4.69) is 0 Å². The van der Waals surface area contributed by atoms with Crippen LogP contribution in [0.2, 0.25) is 0 Å². The zero-order valence-corrected chi connectivity index (χ0v) is 12.0. The maximum atomic E-state index is 9.97. The molecular formula is C13H27NO4. The molecule has 1 heterocycles. The summed E-state index contributed by atoms with van der Waals surface area (Å²) in [6.45, 7) is 6.38. The second-order valence-electron chi connectivity index (χ2n) is 5.06. The average molecular weight is 261 g/mol. The predicted octanol–water partition coefficient (Wildman–Crippen LogP) is 1.06. The minimum Gasteiger partial charge on any atom is -0.368 e. The normalized spacial score (nSPS) is 22.3. The van der Waals surface area contributed by atoms with Crippen molar-refractivity contribution in [1.82, 2.24) is 4.90 Å². The van der Waals surface area contributed by atoms with Crippen LogP contribution in [-0.2, 0) is 14.2 Å². The molecule has 1 N–H and O–H groups in total. The molecule has 5 heteroatoms.